The van der Waals surface area contributed by atoms with Gasteiger partial charge >= 0.3 is 6.18 Å². The molecule has 0 spiro atoms. The zero-order valence-electron chi connectivity index (χ0n) is 12.5. The lowest BCUT2D eigenvalue weighted by Crippen LogP contribution is -2.23. The molecule has 0 aliphatic rings. The number of benzene rings is 1. The summed E-state index contributed by atoms with van der Waals surface area (Å²) in [7, 11) is -4.40. The fourth-order valence-corrected chi connectivity index (χ4v) is 4.41. The third-order valence-corrected chi connectivity index (χ3v) is 6.30. The highest BCUT2D eigenvalue weighted by atomic mass is 32.2. The van der Waals surface area contributed by atoms with Gasteiger partial charge in [-0.25, -0.2) is 12.8 Å². The lowest BCUT2D eigenvalue weighted by atomic mass is 10.2. The molecule has 0 radical (unpaired) electrons. The number of sulfone groups is 1. The second-order valence-corrected chi connectivity index (χ2v) is 8.16. The lowest BCUT2D eigenvalue weighted by Gasteiger charge is -2.09. The maximum atomic E-state index is 13.9. The molecule has 136 valence electrons. The van der Waals surface area contributed by atoms with Crippen LogP contribution in [0.15, 0.2) is 39.4 Å². The molecule has 0 unspecified atom stereocenters. The van der Waals surface area contributed by atoms with E-state index in [0.717, 1.165) is 6.07 Å². The van der Waals surface area contributed by atoms with Crippen molar-refractivity contribution < 1.29 is 35.9 Å². The van der Waals surface area contributed by atoms with Crippen LogP contribution < -0.4 is 5.32 Å². The predicted octanol–water partition coefficient (Wildman–Crippen LogP) is 3.06. The monoisotopic (exact) mass is 397 g/mol. The standard InChI is InChI=1S/C14H11F4NO4S2/c1-7(20)13(21)19-11-4-5-12(24-11)25(22,23)10-3-2-8(6-9(10)15)14(16,17)18/h2-7,20H,1H3,(H,19,21)/t7-/m0/s1. The van der Waals surface area contributed by atoms with E-state index in [1.807, 2.05) is 0 Å². The number of carbonyl (C=O) groups is 1. The Balaban J connectivity index is 2.37. The average molecular weight is 397 g/mol. The number of anilines is 1. The predicted molar refractivity (Wildman–Crippen MR) is 81.5 cm³/mol. The van der Waals surface area contributed by atoms with Crippen molar-refractivity contribution in [3.05, 3.63) is 41.7 Å². The number of amides is 1. The summed E-state index contributed by atoms with van der Waals surface area (Å²) in [4.78, 5) is 10.4. The molecule has 0 aliphatic heterocycles. The molecule has 1 heterocycles. The Morgan fingerprint density at radius 1 is 1.24 bits per heavy atom. The van der Waals surface area contributed by atoms with Gasteiger partial charge < -0.3 is 10.4 Å². The molecule has 0 fully saturated rings. The highest BCUT2D eigenvalue weighted by Gasteiger charge is 2.33. The molecule has 2 aromatic rings. The zero-order chi connectivity index (χ0) is 19.0. The van der Waals surface area contributed by atoms with Crippen molar-refractivity contribution in [3.63, 3.8) is 0 Å². The minimum Gasteiger partial charge on any atom is -0.384 e. The highest BCUT2D eigenvalue weighted by molar-refractivity contribution is 7.93. The smallest absolute Gasteiger partial charge is 0.384 e. The number of rotatable bonds is 4. The van der Waals surface area contributed by atoms with E-state index in [9.17, 15) is 30.8 Å². The maximum Gasteiger partial charge on any atom is 0.416 e. The molecule has 0 bridgehead atoms. The largest absolute Gasteiger partial charge is 0.416 e. The third kappa shape index (κ3) is 4.17. The SMILES string of the molecule is C[C@H](O)C(=O)Nc1ccc(S(=O)(=O)c2ccc(C(F)(F)F)cc2F)s1. The van der Waals surface area contributed by atoms with Crippen LogP contribution in [0.2, 0.25) is 0 Å². The number of hydrogen-bond donors (Lipinski definition) is 2. The minimum absolute atomic E-state index is 0.0804. The molecule has 11 heteroatoms. The highest BCUT2D eigenvalue weighted by Crippen LogP contribution is 2.35. The van der Waals surface area contributed by atoms with Crippen LogP contribution in [-0.2, 0) is 20.8 Å². The molecule has 1 aromatic carbocycles. The second kappa shape index (κ2) is 6.73. The molecule has 1 atom stereocenters. The Morgan fingerprint density at radius 2 is 1.88 bits per heavy atom. The normalized spacial score (nSPS) is 13.5. The molecule has 5 nitrogen and oxygen atoms in total. The minimum atomic E-state index is -4.80. The van der Waals surface area contributed by atoms with Crippen LogP contribution in [0.25, 0.3) is 0 Å². The Kier molecular flexibility index (Phi) is 5.21. The fourth-order valence-electron chi connectivity index (χ4n) is 1.76. The number of hydrogen-bond acceptors (Lipinski definition) is 5. The average Bonchev–Trinajstić information content (AvgIpc) is 2.95. The Hall–Kier alpha value is -1.98. The van der Waals surface area contributed by atoms with Crippen LogP contribution in [0, 0.1) is 5.82 Å². The van der Waals surface area contributed by atoms with Gasteiger partial charge in [0, 0.05) is 0 Å². The quantitative estimate of drug-likeness (QED) is 0.777. The van der Waals surface area contributed by atoms with Crippen molar-refractivity contribution >= 4 is 32.1 Å². The van der Waals surface area contributed by atoms with Crippen LogP contribution in [-0.4, -0.2) is 25.5 Å². The summed E-state index contributed by atoms with van der Waals surface area (Å²) in [5.41, 5.74) is -1.31. The number of aliphatic hydroxyl groups excluding tert-OH is 1. The van der Waals surface area contributed by atoms with Crippen LogP contribution in [0.5, 0.6) is 0 Å². The van der Waals surface area contributed by atoms with Gasteiger partial charge in [-0.2, -0.15) is 13.2 Å². The maximum absolute atomic E-state index is 13.9. The first kappa shape index (κ1) is 19.3. The number of nitrogens with one attached hydrogen (secondary N) is 1. The van der Waals surface area contributed by atoms with E-state index in [-0.39, 0.29) is 15.3 Å². The molecule has 1 amide bonds. The number of carbonyl (C=O) groups excluding carboxylic acids is 1. The van der Waals surface area contributed by atoms with Crippen molar-refractivity contribution in [2.24, 2.45) is 0 Å². The molecule has 2 N–H and O–H groups in total. The number of aliphatic hydroxyl groups is 1. The van der Waals surface area contributed by atoms with Gasteiger partial charge in [0.05, 0.1) is 10.6 Å². The van der Waals surface area contributed by atoms with Crippen molar-refractivity contribution in [2.75, 3.05) is 5.32 Å². The van der Waals surface area contributed by atoms with Gasteiger partial charge in [0.15, 0.2) is 0 Å². The van der Waals surface area contributed by atoms with E-state index in [0.29, 0.717) is 23.5 Å². The van der Waals surface area contributed by atoms with Crippen molar-refractivity contribution in [2.45, 2.75) is 28.3 Å². The van der Waals surface area contributed by atoms with Gasteiger partial charge in [-0.15, -0.1) is 11.3 Å². The number of thiophene rings is 1. The molecular weight excluding hydrogens is 386 g/mol. The summed E-state index contributed by atoms with van der Waals surface area (Å²) in [6.45, 7) is 1.21. The van der Waals surface area contributed by atoms with E-state index >= 15 is 0 Å². The number of halogens is 4. The van der Waals surface area contributed by atoms with Crippen LogP contribution >= 0.6 is 11.3 Å². The summed E-state index contributed by atoms with van der Waals surface area (Å²) < 4.78 is 75.9. The van der Waals surface area contributed by atoms with Crippen LogP contribution in [0.1, 0.15) is 12.5 Å². The van der Waals surface area contributed by atoms with Crippen molar-refractivity contribution in [3.8, 4) is 0 Å². The molecule has 0 aliphatic carbocycles. The van der Waals surface area contributed by atoms with E-state index in [1.165, 1.54) is 13.0 Å². The third-order valence-electron chi connectivity index (χ3n) is 3.02. The molecular formula is C14H11F4NO4S2. The van der Waals surface area contributed by atoms with E-state index < -0.39 is 44.3 Å². The Morgan fingerprint density at radius 3 is 2.40 bits per heavy atom. The number of alkyl halides is 3. The van der Waals surface area contributed by atoms with Gasteiger partial charge in [0.25, 0.3) is 5.91 Å². The zero-order valence-corrected chi connectivity index (χ0v) is 14.1. The summed E-state index contributed by atoms with van der Waals surface area (Å²) in [5, 5.41) is 11.4. The van der Waals surface area contributed by atoms with Gasteiger partial charge in [0.1, 0.15) is 21.0 Å². The Labute approximate surface area is 143 Å². The van der Waals surface area contributed by atoms with Gasteiger partial charge in [0.2, 0.25) is 9.84 Å². The fraction of sp³-hybridized carbons (Fsp3) is 0.214. The lowest BCUT2D eigenvalue weighted by molar-refractivity contribution is -0.137. The van der Waals surface area contributed by atoms with E-state index in [4.69, 9.17) is 5.11 Å². The first-order valence-corrected chi connectivity index (χ1v) is 8.93. The van der Waals surface area contributed by atoms with Crippen molar-refractivity contribution in [1.29, 1.82) is 0 Å². The molecule has 0 saturated heterocycles. The molecule has 2 rings (SSSR count). The van der Waals surface area contributed by atoms with Crippen LogP contribution in [0.4, 0.5) is 22.6 Å². The van der Waals surface area contributed by atoms with Crippen molar-refractivity contribution in [1.82, 2.24) is 0 Å². The molecule has 0 saturated carbocycles. The summed E-state index contributed by atoms with van der Waals surface area (Å²) in [6.07, 6.45) is -6.13. The summed E-state index contributed by atoms with van der Waals surface area (Å²) in [5.74, 6) is -2.30. The first-order chi connectivity index (χ1) is 11.4. The first-order valence-electron chi connectivity index (χ1n) is 6.63. The Bertz CT molecular complexity index is 904. The van der Waals surface area contributed by atoms with E-state index in [1.54, 1.807) is 0 Å². The van der Waals surface area contributed by atoms with Gasteiger partial charge in [-0.1, -0.05) is 0 Å². The van der Waals surface area contributed by atoms with Gasteiger partial charge in [-0.3, -0.25) is 4.79 Å². The summed E-state index contributed by atoms with van der Waals surface area (Å²) in [6, 6.07) is 3.42. The second-order valence-electron chi connectivity index (χ2n) is 4.93. The summed E-state index contributed by atoms with van der Waals surface area (Å²) >= 11 is 0.579. The topological polar surface area (TPSA) is 83.5 Å². The van der Waals surface area contributed by atoms with Gasteiger partial charge in [-0.05, 0) is 37.3 Å². The molecule has 1 aromatic heterocycles. The van der Waals surface area contributed by atoms with E-state index in [2.05, 4.69) is 5.32 Å². The molecule has 25 heavy (non-hydrogen) atoms. The van der Waals surface area contributed by atoms with Crippen LogP contribution in [0.3, 0.4) is 0 Å².